The average molecular weight is 196 g/mol. The molecule has 14 heavy (non-hydrogen) atoms. The van der Waals surface area contributed by atoms with Crippen molar-refractivity contribution in [3.8, 4) is 0 Å². The fourth-order valence-electron chi connectivity index (χ4n) is 1.61. The second-order valence-electron chi connectivity index (χ2n) is 3.91. The number of rotatable bonds is 5. The molecule has 0 bridgehead atoms. The molecule has 0 aliphatic rings. The summed E-state index contributed by atoms with van der Waals surface area (Å²) in [5, 5.41) is 4.37. The van der Waals surface area contributed by atoms with Gasteiger partial charge in [-0.05, 0) is 24.8 Å². The van der Waals surface area contributed by atoms with Crippen molar-refractivity contribution in [1.29, 1.82) is 0 Å². The van der Waals surface area contributed by atoms with Crippen molar-refractivity contribution in [1.82, 2.24) is 9.78 Å². The fourth-order valence-corrected chi connectivity index (χ4v) is 1.61. The minimum Gasteiger partial charge on any atom is -0.385 e. The average Bonchev–Trinajstić information content (AvgIpc) is 2.48. The maximum Gasteiger partial charge on any atom is 0.0527 e. The summed E-state index contributed by atoms with van der Waals surface area (Å²) in [6.45, 7) is 8.28. The molecule has 1 aromatic heterocycles. The molecule has 0 aliphatic carbocycles. The number of nitrogens with zero attached hydrogens (tertiary/aromatic N) is 2. The quantitative estimate of drug-likeness (QED) is 0.676. The standard InChI is InChI=1S/C11H20N2O/c1-9(2)11-8-12-13(10(11)3)6-5-7-14-4/h8-9H,5-7H2,1-4H3. The summed E-state index contributed by atoms with van der Waals surface area (Å²) >= 11 is 0. The van der Waals surface area contributed by atoms with Crippen LogP contribution in [0.2, 0.25) is 0 Å². The SMILES string of the molecule is COCCCn1ncc(C(C)C)c1C. The maximum atomic E-state index is 5.02. The maximum absolute atomic E-state index is 5.02. The van der Waals surface area contributed by atoms with Gasteiger partial charge in [0.15, 0.2) is 0 Å². The van der Waals surface area contributed by atoms with Crippen LogP contribution in [0.3, 0.4) is 0 Å². The number of aromatic nitrogens is 2. The summed E-state index contributed by atoms with van der Waals surface area (Å²) in [6, 6.07) is 0. The van der Waals surface area contributed by atoms with Gasteiger partial charge in [0.2, 0.25) is 0 Å². The Labute approximate surface area is 86.1 Å². The van der Waals surface area contributed by atoms with Crippen LogP contribution in [0.25, 0.3) is 0 Å². The van der Waals surface area contributed by atoms with Crippen molar-refractivity contribution in [3.05, 3.63) is 17.5 Å². The number of aryl methyl sites for hydroxylation is 1. The second-order valence-corrected chi connectivity index (χ2v) is 3.91. The molecule has 0 amide bonds. The van der Waals surface area contributed by atoms with Crippen LogP contribution in [0, 0.1) is 6.92 Å². The molecular formula is C11H20N2O. The highest BCUT2D eigenvalue weighted by Gasteiger charge is 2.08. The largest absolute Gasteiger partial charge is 0.385 e. The van der Waals surface area contributed by atoms with Crippen molar-refractivity contribution in [3.63, 3.8) is 0 Å². The lowest BCUT2D eigenvalue weighted by Crippen LogP contribution is -2.05. The van der Waals surface area contributed by atoms with E-state index in [2.05, 4.69) is 30.6 Å². The predicted octanol–water partition coefficient (Wildman–Crippen LogP) is 2.35. The van der Waals surface area contributed by atoms with Crippen molar-refractivity contribution in [2.24, 2.45) is 0 Å². The van der Waals surface area contributed by atoms with Crippen molar-refractivity contribution in [2.75, 3.05) is 13.7 Å². The molecule has 0 saturated carbocycles. The molecule has 0 N–H and O–H groups in total. The molecular weight excluding hydrogens is 176 g/mol. The number of hydrogen-bond donors (Lipinski definition) is 0. The van der Waals surface area contributed by atoms with Crippen molar-refractivity contribution < 1.29 is 4.74 Å². The van der Waals surface area contributed by atoms with E-state index in [0.717, 1.165) is 19.6 Å². The molecule has 0 spiro atoms. The van der Waals surface area contributed by atoms with Gasteiger partial charge in [-0.15, -0.1) is 0 Å². The van der Waals surface area contributed by atoms with E-state index in [1.165, 1.54) is 11.3 Å². The van der Waals surface area contributed by atoms with Gasteiger partial charge in [-0.25, -0.2) is 0 Å². The first-order valence-corrected chi connectivity index (χ1v) is 5.18. The molecule has 0 saturated heterocycles. The Morgan fingerprint density at radius 1 is 1.50 bits per heavy atom. The summed E-state index contributed by atoms with van der Waals surface area (Å²) < 4.78 is 7.08. The van der Waals surface area contributed by atoms with Gasteiger partial charge in [-0.1, -0.05) is 13.8 Å². The summed E-state index contributed by atoms with van der Waals surface area (Å²) in [6.07, 6.45) is 3.00. The molecule has 1 heterocycles. The third-order valence-corrected chi connectivity index (χ3v) is 2.48. The van der Waals surface area contributed by atoms with E-state index >= 15 is 0 Å². The Morgan fingerprint density at radius 3 is 2.71 bits per heavy atom. The highest BCUT2D eigenvalue weighted by atomic mass is 16.5. The van der Waals surface area contributed by atoms with Gasteiger partial charge in [0.25, 0.3) is 0 Å². The van der Waals surface area contributed by atoms with Crippen LogP contribution in [0.1, 0.15) is 37.4 Å². The Balaban J connectivity index is 2.60. The minimum atomic E-state index is 0.561. The molecule has 3 heteroatoms. The number of hydrogen-bond acceptors (Lipinski definition) is 2. The Morgan fingerprint density at radius 2 is 2.21 bits per heavy atom. The lowest BCUT2D eigenvalue weighted by molar-refractivity contribution is 0.188. The smallest absolute Gasteiger partial charge is 0.0527 e. The van der Waals surface area contributed by atoms with E-state index in [0.29, 0.717) is 5.92 Å². The highest BCUT2D eigenvalue weighted by molar-refractivity contribution is 5.19. The lowest BCUT2D eigenvalue weighted by atomic mass is 10.1. The zero-order valence-electron chi connectivity index (χ0n) is 9.58. The Bertz CT molecular complexity index is 279. The van der Waals surface area contributed by atoms with Gasteiger partial charge in [-0.3, -0.25) is 4.68 Å². The molecule has 0 radical (unpaired) electrons. The van der Waals surface area contributed by atoms with Gasteiger partial charge in [0.05, 0.1) is 6.20 Å². The lowest BCUT2D eigenvalue weighted by Gasteiger charge is -2.06. The van der Waals surface area contributed by atoms with Gasteiger partial charge in [-0.2, -0.15) is 5.10 Å². The van der Waals surface area contributed by atoms with E-state index in [-0.39, 0.29) is 0 Å². The van der Waals surface area contributed by atoms with Crippen molar-refractivity contribution in [2.45, 2.75) is 39.7 Å². The van der Waals surface area contributed by atoms with Gasteiger partial charge in [0, 0.05) is 26.0 Å². The van der Waals surface area contributed by atoms with Crippen LogP contribution in [-0.2, 0) is 11.3 Å². The molecule has 0 aliphatic heterocycles. The van der Waals surface area contributed by atoms with Gasteiger partial charge in [0.1, 0.15) is 0 Å². The molecule has 1 aromatic rings. The number of ether oxygens (including phenoxy) is 1. The van der Waals surface area contributed by atoms with E-state index in [9.17, 15) is 0 Å². The summed E-state index contributed by atoms with van der Waals surface area (Å²) in [5.41, 5.74) is 2.64. The molecule has 0 unspecified atom stereocenters. The summed E-state index contributed by atoms with van der Waals surface area (Å²) in [4.78, 5) is 0. The first-order valence-electron chi connectivity index (χ1n) is 5.18. The van der Waals surface area contributed by atoms with E-state index in [4.69, 9.17) is 4.74 Å². The van der Waals surface area contributed by atoms with Gasteiger partial charge < -0.3 is 4.74 Å². The van der Waals surface area contributed by atoms with E-state index in [1.54, 1.807) is 7.11 Å². The minimum absolute atomic E-state index is 0.561. The van der Waals surface area contributed by atoms with Crippen LogP contribution in [0.5, 0.6) is 0 Å². The van der Waals surface area contributed by atoms with E-state index in [1.807, 2.05) is 6.20 Å². The fraction of sp³-hybridized carbons (Fsp3) is 0.727. The Kier molecular flexibility index (Phi) is 4.14. The Hall–Kier alpha value is -0.830. The monoisotopic (exact) mass is 196 g/mol. The molecule has 0 atom stereocenters. The first kappa shape index (κ1) is 11.2. The highest BCUT2D eigenvalue weighted by Crippen LogP contribution is 2.18. The molecule has 1 rings (SSSR count). The second kappa shape index (κ2) is 5.15. The zero-order chi connectivity index (χ0) is 10.6. The molecule has 80 valence electrons. The molecule has 3 nitrogen and oxygen atoms in total. The van der Waals surface area contributed by atoms with E-state index < -0.39 is 0 Å². The third kappa shape index (κ3) is 2.58. The third-order valence-electron chi connectivity index (χ3n) is 2.48. The summed E-state index contributed by atoms with van der Waals surface area (Å²) in [5.74, 6) is 0.561. The van der Waals surface area contributed by atoms with Gasteiger partial charge >= 0.3 is 0 Å². The van der Waals surface area contributed by atoms with Crippen LogP contribution >= 0.6 is 0 Å². The van der Waals surface area contributed by atoms with Crippen molar-refractivity contribution >= 4 is 0 Å². The van der Waals surface area contributed by atoms with Crippen LogP contribution in [0.4, 0.5) is 0 Å². The normalized spacial score (nSPS) is 11.2. The summed E-state index contributed by atoms with van der Waals surface area (Å²) in [7, 11) is 1.73. The number of methoxy groups -OCH3 is 1. The topological polar surface area (TPSA) is 27.1 Å². The molecule has 0 fully saturated rings. The van der Waals surface area contributed by atoms with Crippen LogP contribution in [0.15, 0.2) is 6.20 Å². The predicted molar refractivity (Wildman–Crippen MR) is 57.5 cm³/mol. The zero-order valence-corrected chi connectivity index (χ0v) is 9.58. The molecule has 0 aromatic carbocycles. The first-order chi connectivity index (χ1) is 6.66. The van der Waals surface area contributed by atoms with Crippen LogP contribution < -0.4 is 0 Å². The van der Waals surface area contributed by atoms with Crippen LogP contribution in [-0.4, -0.2) is 23.5 Å².